The van der Waals surface area contributed by atoms with E-state index < -0.39 is 23.5 Å². The average molecular weight is 288 g/mol. The van der Waals surface area contributed by atoms with Crippen LogP contribution in [0, 0.1) is 17.2 Å². The molecule has 1 N–H and O–H groups in total. The lowest BCUT2D eigenvalue weighted by atomic mass is 10.1. The normalized spacial score (nSPS) is 12.7. The second-order valence-electron chi connectivity index (χ2n) is 5.24. The Morgan fingerprint density at radius 1 is 1.38 bits per heavy atom. The number of rotatable bonds is 4. The fourth-order valence-electron chi connectivity index (χ4n) is 1.43. The molecule has 0 heterocycles. The zero-order chi connectivity index (χ0) is 16.0. The van der Waals surface area contributed by atoms with E-state index in [0.717, 1.165) is 6.21 Å². The maximum absolute atomic E-state index is 11.8. The van der Waals surface area contributed by atoms with Gasteiger partial charge >= 0.3 is 11.9 Å². The molecule has 0 aromatic heterocycles. The lowest BCUT2D eigenvalue weighted by Crippen LogP contribution is -2.28. The van der Waals surface area contributed by atoms with Crippen LogP contribution in [0.1, 0.15) is 31.1 Å². The average Bonchev–Trinajstić information content (AvgIpc) is 2.37. The Labute approximate surface area is 122 Å². The number of ether oxygens (including phenoxy) is 1. The predicted molar refractivity (Wildman–Crippen MR) is 76.5 cm³/mol. The van der Waals surface area contributed by atoms with Gasteiger partial charge < -0.3 is 9.84 Å². The maximum atomic E-state index is 11.8. The number of para-hydroxylation sites is 1. The molecule has 1 aromatic carbocycles. The number of nitriles is 1. The second-order valence-corrected chi connectivity index (χ2v) is 5.24. The monoisotopic (exact) mass is 288 g/mol. The Morgan fingerprint density at radius 3 is 2.52 bits per heavy atom. The summed E-state index contributed by atoms with van der Waals surface area (Å²) in [5.41, 5.74) is -0.539. The van der Waals surface area contributed by atoms with Gasteiger partial charge in [-0.15, -0.1) is 0 Å². The minimum atomic E-state index is -1.19. The third-order valence-electron chi connectivity index (χ3n) is 2.30. The first-order valence-electron chi connectivity index (χ1n) is 6.23. The Bertz CT molecular complexity index is 609. The molecule has 0 saturated heterocycles. The summed E-state index contributed by atoms with van der Waals surface area (Å²) in [5, 5.41) is 18.0. The molecular weight excluding hydrogens is 272 g/mol. The molecule has 0 spiro atoms. The topological polar surface area (TPSA) is 99.8 Å². The van der Waals surface area contributed by atoms with Crippen LogP contribution >= 0.6 is 0 Å². The van der Waals surface area contributed by atoms with E-state index in [9.17, 15) is 9.59 Å². The van der Waals surface area contributed by atoms with Crippen LogP contribution in [0.25, 0.3) is 0 Å². The van der Waals surface area contributed by atoms with Crippen molar-refractivity contribution in [2.75, 3.05) is 0 Å². The molecule has 6 nitrogen and oxygen atoms in total. The van der Waals surface area contributed by atoms with Crippen molar-refractivity contribution in [1.82, 2.24) is 0 Å². The molecule has 1 atom stereocenters. The van der Waals surface area contributed by atoms with Crippen LogP contribution in [0.15, 0.2) is 29.3 Å². The van der Waals surface area contributed by atoms with Gasteiger partial charge in [0.2, 0.25) is 0 Å². The SMILES string of the molecule is CC(C)(C)OC(=O)C(C#N)C=Nc1ccccc1C(=O)O. The summed E-state index contributed by atoms with van der Waals surface area (Å²) in [7, 11) is 0. The standard InChI is InChI=1S/C15H16N2O4/c1-15(2,3)21-14(20)10(8-16)9-17-12-7-5-4-6-11(12)13(18)19/h4-7,9-10H,1-3H3,(H,18,19). The van der Waals surface area contributed by atoms with Crippen LogP contribution in [-0.2, 0) is 9.53 Å². The number of aliphatic imine (C=N–C) groups is 1. The van der Waals surface area contributed by atoms with Crippen LogP contribution < -0.4 is 0 Å². The van der Waals surface area contributed by atoms with Crippen LogP contribution in [0.4, 0.5) is 5.69 Å². The summed E-state index contributed by atoms with van der Waals surface area (Å²) in [6.45, 7) is 5.07. The van der Waals surface area contributed by atoms with Crippen molar-refractivity contribution in [3.8, 4) is 6.07 Å². The highest BCUT2D eigenvalue weighted by molar-refractivity contribution is 5.97. The third kappa shape index (κ3) is 5.07. The molecule has 0 radical (unpaired) electrons. The van der Waals surface area contributed by atoms with Crippen molar-refractivity contribution in [1.29, 1.82) is 5.26 Å². The fourth-order valence-corrected chi connectivity index (χ4v) is 1.43. The zero-order valence-electron chi connectivity index (χ0n) is 12.0. The molecule has 0 aliphatic carbocycles. The van der Waals surface area contributed by atoms with E-state index in [2.05, 4.69) is 4.99 Å². The van der Waals surface area contributed by atoms with Crippen LogP contribution in [0.5, 0.6) is 0 Å². The number of hydrogen-bond acceptors (Lipinski definition) is 5. The number of aromatic carboxylic acids is 1. The molecular formula is C15H16N2O4. The minimum Gasteiger partial charge on any atom is -0.478 e. The molecule has 0 bridgehead atoms. The molecule has 6 heteroatoms. The summed E-state index contributed by atoms with van der Waals surface area (Å²) in [5.74, 6) is -3.04. The van der Waals surface area contributed by atoms with E-state index >= 15 is 0 Å². The smallest absolute Gasteiger partial charge is 0.337 e. The number of benzene rings is 1. The van der Waals surface area contributed by atoms with Crippen molar-refractivity contribution >= 4 is 23.8 Å². The summed E-state index contributed by atoms with van der Waals surface area (Å²) >= 11 is 0. The van der Waals surface area contributed by atoms with Gasteiger partial charge in [0.25, 0.3) is 0 Å². The fraction of sp³-hybridized carbons (Fsp3) is 0.333. The van der Waals surface area contributed by atoms with E-state index in [4.69, 9.17) is 15.1 Å². The van der Waals surface area contributed by atoms with Gasteiger partial charge in [-0.25, -0.2) is 4.79 Å². The highest BCUT2D eigenvalue weighted by Gasteiger charge is 2.23. The van der Waals surface area contributed by atoms with Crippen LogP contribution in [0.2, 0.25) is 0 Å². The van der Waals surface area contributed by atoms with Crippen molar-refractivity contribution < 1.29 is 19.4 Å². The first kappa shape index (κ1) is 16.4. The van der Waals surface area contributed by atoms with Crippen LogP contribution in [-0.4, -0.2) is 28.9 Å². The molecule has 110 valence electrons. The van der Waals surface area contributed by atoms with Crippen molar-refractivity contribution in [3.05, 3.63) is 29.8 Å². The zero-order valence-corrected chi connectivity index (χ0v) is 12.0. The highest BCUT2D eigenvalue weighted by atomic mass is 16.6. The van der Waals surface area contributed by atoms with Gasteiger partial charge in [-0.1, -0.05) is 12.1 Å². The molecule has 0 aliphatic rings. The molecule has 0 fully saturated rings. The van der Waals surface area contributed by atoms with E-state index in [1.165, 1.54) is 12.1 Å². The Hall–Kier alpha value is -2.68. The quantitative estimate of drug-likeness (QED) is 0.678. The molecule has 1 aromatic rings. The summed E-state index contributed by atoms with van der Waals surface area (Å²) < 4.78 is 5.09. The summed E-state index contributed by atoms with van der Waals surface area (Å²) in [6.07, 6.45) is 1.09. The van der Waals surface area contributed by atoms with Crippen molar-refractivity contribution in [2.45, 2.75) is 26.4 Å². The largest absolute Gasteiger partial charge is 0.478 e. The van der Waals surface area contributed by atoms with E-state index in [1.54, 1.807) is 39.0 Å². The minimum absolute atomic E-state index is 0.00497. The number of esters is 1. The molecule has 0 aliphatic heterocycles. The van der Waals surface area contributed by atoms with Crippen LogP contribution in [0.3, 0.4) is 0 Å². The molecule has 21 heavy (non-hydrogen) atoms. The summed E-state index contributed by atoms with van der Waals surface area (Å²) in [4.78, 5) is 26.7. The van der Waals surface area contributed by atoms with Crippen molar-refractivity contribution in [2.24, 2.45) is 10.9 Å². The van der Waals surface area contributed by atoms with Gasteiger partial charge in [-0.05, 0) is 32.9 Å². The van der Waals surface area contributed by atoms with E-state index in [-0.39, 0.29) is 11.3 Å². The Balaban J connectivity index is 2.95. The van der Waals surface area contributed by atoms with Gasteiger partial charge in [-0.3, -0.25) is 9.79 Å². The summed E-state index contributed by atoms with van der Waals surface area (Å²) in [6, 6.07) is 7.84. The van der Waals surface area contributed by atoms with Gasteiger partial charge in [0, 0.05) is 6.21 Å². The van der Waals surface area contributed by atoms with Gasteiger partial charge in [0.05, 0.1) is 17.3 Å². The number of carbonyl (C=O) groups is 2. The van der Waals surface area contributed by atoms with E-state index in [1.807, 2.05) is 0 Å². The lowest BCUT2D eigenvalue weighted by molar-refractivity contribution is -0.155. The lowest BCUT2D eigenvalue weighted by Gasteiger charge is -2.20. The van der Waals surface area contributed by atoms with Crippen molar-refractivity contribution in [3.63, 3.8) is 0 Å². The Kier molecular flexibility index (Phi) is 5.19. The first-order chi connectivity index (χ1) is 9.74. The number of nitrogens with zero attached hydrogens (tertiary/aromatic N) is 2. The molecule has 1 rings (SSSR count). The predicted octanol–water partition coefficient (Wildman–Crippen LogP) is 2.57. The Morgan fingerprint density at radius 2 is 2.00 bits per heavy atom. The van der Waals surface area contributed by atoms with E-state index in [0.29, 0.717) is 0 Å². The molecule has 0 amide bonds. The number of carboxylic acid groups (broad SMARTS) is 1. The number of carbonyl (C=O) groups excluding carboxylic acids is 1. The highest BCUT2D eigenvalue weighted by Crippen LogP contribution is 2.19. The van der Waals surface area contributed by atoms with Gasteiger partial charge in [0.1, 0.15) is 5.60 Å². The maximum Gasteiger partial charge on any atom is 0.337 e. The second kappa shape index (κ2) is 6.66. The van der Waals surface area contributed by atoms with Gasteiger partial charge in [0.15, 0.2) is 5.92 Å². The number of hydrogen-bond donors (Lipinski definition) is 1. The third-order valence-corrected chi connectivity index (χ3v) is 2.30. The molecule has 1 unspecified atom stereocenters. The number of carboxylic acids is 1. The first-order valence-corrected chi connectivity index (χ1v) is 6.23. The molecule has 0 saturated carbocycles. The van der Waals surface area contributed by atoms with Gasteiger partial charge in [-0.2, -0.15) is 5.26 Å².